The summed E-state index contributed by atoms with van der Waals surface area (Å²) in [7, 11) is 2.20. The van der Waals surface area contributed by atoms with Crippen molar-refractivity contribution in [2.75, 3.05) is 20.1 Å². The molecule has 2 aromatic rings. The maximum Gasteiger partial charge on any atom is 0.0295 e. The molecule has 19 heavy (non-hydrogen) atoms. The molecule has 0 bridgehead atoms. The van der Waals surface area contributed by atoms with Crippen molar-refractivity contribution < 1.29 is 0 Å². The Bertz CT molecular complexity index is 564. The molecule has 1 saturated heterocycles. The fourth-order valence-corrected chi connectivity index (χ4v) is 3.00. The molecule has 2 nitrogen and oxygen atoms in total. The van der Waals surface area contributed by atoms with Gasteiger partial charge >= 0.3 is 0 Å². The van der Waals surface area contributed by atoms with Crippen molar-refractivity contribution in [3.05, 3.63) is 48.0 Å². The summed E-state index contributed by atoms with van der Waals surface area (Å²) in [5.74, 6) is 0. The van der Waals surface area contributed by atoms with Crippen LogP contribution in [0.4, 0.5) is 0 Å². The minimum absolute atomic E-state index is 0.418. The first-order valence-electron chi connectivity index (χ1n) is 7.15. The van der Waals surface area contributed by atoms with E-state index in [1.165, 1.54) is 29.3 Å². The summed E-state index contributed by atoms with van der Waals surface area (Å²) < 4.78 is 0. The van der Waals surface area contributed by atoms with E-state index in [4.69, 9.17) is 0 Å². The van der Waals surface area contributed by atoms with Crippen LogP contribution in [0.5, 0.6) is 0 Å². The van der Waals surface area contributed by atoms with Crippen molar-refractivity contribution in [3.8, 4) is 0 Å². The van der Waals surface area contributed by atoms with Crippen molar-refractivity contribution >= 4 is 10.8 Å². The third-order valence-corrected chi connectivity index (χ3v) is 4.15. The molecule has 2 heteroatoms. The Hall–Kier alpha value is -1.38. The standard InChI is InChI=1S/C17H22N2/c1-13(18-17-9-10-19(2)12-17)15-8-7-14-5-3-4-6-16(14)11-15/h3-8,11,13,17-18H,9-10,12H2,1-2H3/t13-,17+/m1/s1. The normalized spacial score (nSPS) is 21.9. The van der Waals surface area contributed by atoms with E-state index in [1.54, 1.807) is 0 Å². The van der Waals surface area contributed by atoms with Crippen molar-refractivity contribution in [2.24, 2.45) is 0 Å². The number of likely N-dealkylation sites (tertiary alicyclic amines) is 1. The summed E-state index contributed by atoms with van der Waals surface area (Å²) in [6, 6.07) is 16.4. The number of likely N-dealkylation sites (N-methyl/N-ethyl adjacent to an activating group) is 1. The Labute approximate surface area is 115 Å². The second-order valence-corrected chi connectivity index (χ2v) is 5.74. The smallest absolute Gasteiger partial charge is 0.0295 e. The van der Waals surface area contributed by atoms with Crippen LogP contribution in [-0.4, -0.2) is 31.1 Å². The SMILES string of the molecule is C[C@@H](N[C@H]1CCN(C)C1)c1ccc2ccccc2c1. The van der Waals surface area contributed by atoms with Crippen molar-refractivity contribution in [1.82, 2.24) is 10.2 Å². The van der Waals surface area contributed by atoms with Gasteiger partial charge in [0.05, 0.1) is 0 Å². The molecule has 1 N–H and O–H groups in total. The number of nitrogens with one attached hydrogen (secondary N) is 1. The molecule has 0 unspecified atom stereocenters. The first kappa shape index (κ1) is 12.6. The minimum Gasteiger partial charge on any atom is -0.306 e. The molecule has 2 aromatic carbocycles. The molecular weight excluding hydrogens is 232 g/mol. The number of rotatable bonds is 3. The zero-order valence-corrected chi connectivity index (χ0v) is 11.8. The van der Waals surface area contributed by atoms with E-state index in [2.05, 4.69) is 66.7 Å². The zero-order valence-electron chi connectivity index (χ0n) is 11.8. The summed E-state index contributed by atoms with van der Waals surface area (Å²) in [6.45, 7) is 4.64. The van der Waals surface area contributed by atoms with Crippen LogP contribution in [-0.2, 0) is 0 Å². The van der Waals surface area contributed by atoms with Gasteiger partial charge in [-0.1, -0.05) is 36.4 Å². The third kappa shape index (κ3) is 2.80. The largest absolute Gasteiger partial charge is 0.306 e. The Kier molecular flexibility index (Phi) is 3.54. The monoisotopic (exact) mass is 254 g/mol. The van der Waals surface area contributed by atoms with Crippen LogP contribution in [0.15, 0.2) is 42.5 Å². The molecule has 0 amide bonds. The summed E-state index contributed by atoms with van der Waals surface area (Å²) in [5.41, 5.74) is 1.38. The fourth-order valence-electron chi connectivity index (χ4n) is 3.00. The van der Waals surface area contributed by atoms with Gasteiger partial charge in [-0.2, -0.15) is 0 Å². The quantitative estimate of drug-likeness (QED) is 0.905. The molecule has 0 spiro atoms. The Morgan fingerprint density at radius 1 is 1.16 bits per heavy atom. The average Bonchev–Trinajstić information content (AvgIpc) is 2.83. The number of hydrogen-bond acceptors (Lipinski definition) is 2. The zero-order chi connectivity index (χ0) is 13.2. The van der Waals surface area contributed by atoms with E-state index in [0.717, 1.165) is 6.54 Å². The topological polar surface area (TPSA) is 15.3 Å². The second kappa shape index (κ2) is 5.32. The third-order valence-electron chi connectivity index (χ3n) is 4.15. The summed E-state index contributed by atoms with van der Waals surface area (Å²) in [5, 5.41) is 6.40. The van der Waals surface area contributed by atoms with Gasteiger partial charge in [-0.3, -0.25) is 0 Å². The lowest BCUT2D eigenvalue weighted by atomic mass is 10.0. The lowest BCUT2D eigenvalue weighted by molar-refractivity contribution is 0.387. The van der Waals surface area contributed by atoms with Gasteiger partial charge in [0.15, 0.2) is 0 Å². The highest BCUT2D eigenvalue weighted by atomic mass is 15.2. The Morgan fingerprint density at radius 2 is 1.95 bits per heavy atom. The van der Waals surface area contributed by atoms with Gasteiger partial charge in [0.2, 0.25) is 0 Å². The molecule has 3 rings (SSSR count). The fraction of sp³-hybridized carbons (Fsp3) is 0.412. The van der Waals surface area contributed by atoms with E-state index in [-0.39, 0.29) is 0 Å². The predicted molar refractivity (Wildman–Crippen MR) is 81.4 cm³/mol. The van der Waals surface area contributed by atoms with E-state index in [0.29, 0.717) is 12.1 Å². The van der Waals surface area contributed by atoms with Gasteiger partial charge in [0.25, 0.3) is 0 Å². The first-order chi connectivity index (χ1) is 9.22. The number of benzene rings is 2. The first-order valence-corrected chi connectivity index (χ1v) is 7.15. The lowest BCUT2D eigenvalue weighted by Crippen LogP contribution is -2.33. The summed E-state index contributed by atoms with van der Waals surface area (Å²) in [6.07, 6.45) is 1.26. The molecule has 1 fully saturated rings. The van der Waals surface area contributed by atoms with Gasteiger partial charge in [-0.05, 0) is 49.3 Å². The van der Waals surface area contributed by atoms with Gasteiger partial charge in [0.1, 0.15) is 0 Å². The number of fused-ring (bicyclic) bond motifs is 1. The molecule has 2 atom stereocenters. The van der Waals surface area contributed by atoms with E-state index >= 15 is 0 Å². The van der Waals surface area contributed by atoms with Crippen molar-refractivity contribution in [2.45, 2.75) is 25.4 Å². The lowest BCUT2D eigenvalue weighted by Gasteiger charge is -2.20. The number of nitrogens with zero attached hydrogens (tertiary/aromatic N) is 1. The maximum atomic E-state index is 3.75. The Balaban J connectivity index is 1.75. The van der Waals surface area contributed by atoms with Gasteiger partial charge < -0.3 is 10.2 Å². The van der Waals surface area contributed by atoms with Crippen LogP contribution in [0.25, 0.3) is 10.8 Å². The van der Waals surface area contributed by atoms with Crippen LogP contribution < -0.4 is 5.32 Å². The van der Waals surface area contributed by atoms with Crippen molar-refractivity contribution in [3.63, 3.8) is 0 Å². The van der Waals surface area contributed by atoms with Crippen LogP contribution in [0.3, 0.4) is 0 Å². The van der Waals surface area contributed by atoms with Gasteiger partial charge in [-0.25, -0.2) is 0 Å². The number of hydrogen-bond donors (Lipinski definition) is 1. The Morgan fingerprint density at radius 3 is 2.68 bits per heavy atom. The highest BCUT2D eigenvalue weighted by Crippen LogP contribution is 2.21. The molecule has 0 radical (unpaired) electrons. The van der Waals surface area contributed by atoms with E-state index in [1.807, 2.05) is 0 Å². The summed E-state index contributed by atoms with van der Waals surface area (Å²) >= 11 is 0. The maximum absolute atomic E-state index is 3.75. The van der Waals surface area contributed by atoms with E-state index in [9.17, 15) is 0 Å². The average molecular weight is 254 g/mol. The second-order valence-electron chi connectivity index (χ2n) is 5.74. The molecule has 0 aliphatic carbocycles. The molecule has 100 valence electrons. The van der Waals surface area contributed by atoms with Crippen LogP contribution >= 0.6 is 0 Å². The van der Waals surface area contributed by atoms with Crippen LogP contribution in [0, 0.1) is 0 Å². The molecule has 0 saturated carbocycles. The molecule has 1 aliphatic rings. The van der Waals surface area contributed by atoms with Gasteiger partial charge in [-0.15, -0.1) is 0 Å². The summed E-state index contributed by atoms with van der Waals surface area (Å²) in [4.78, 5) is 2.39. The highest BCUT2D eigenvalue weighted by molar-refractivity contribution is 5.83. The van der Waals surface area contributed by atoms with Crippen molar-refractivity contribution in [1.29, 1.82) is 0 Å². The highest BCUT2D eigenvalue weighted by Gasteiger charge is 2.21. The van der Waals surface area contributed by atoms with Crippen LogP contribution in [0.1, 0.15) is 24.9 Å². The molecule has 0 aromatic heterocycles. The molecule has 1 aliphatic heterocycles. The van der Waals surface area contributed by atoms with E-state index < -0.39 is 0 Å². The van der Waals surface area contributed by atoms with Crippen LogP contribution in [0.2, 0.25) is 0 Å². The molecule has 1 heterocycles. The molecular formula is C17H22N2. The minimum atomic E-state index is 0.418. The predicted octanol–water partition coefficient (Wildman–Crippen LogP) is 3.19. The van der Waals surface area contributed by atoms with Gasteiger partial charge in [0, 0.05) is 18.6 Å².